The van der Waals surface area contributed by atoms with Crippen LogP contribution < -0.4 is 11.3 Å². The van der Waals surface area contributed by atoms with Gasteiger partial charge in [0.15, 0.2) is 5.82 Å². The fourth-order valence-corrected chi connectivity index (χ4v) is 1.46. The Labute approximate surface area is 107 Å². The normalized spacial score (nSPS) is 10.5. The second kappa shape index (κ2) is 6.87. The Hall–Kier alpha value is -1.73. The Morgan fingerprint density at radius 1 is 1.33 bits per heavy atom. The van der Waals surface area contributed by atoms with E-state index in [-0.39, 0.29) is 11.6 Å². The van der Waals surface area contributed by atoms with Gasteiger partial charge >= 0.3 is 0 Å². The van der Waals surface area contributed by atoms with Gasteiger partial charge in [-0.15, -0.1) is 0 Å². The highest BCUT2D eigenvalue weighted by Crippen LogP contribution is 2.03. The molecule has 0 saturated carbocycles. The summed E-state index contributed by atoms with van der Waals surface area (Å²) in [6, 6.07) is 0. The van der Waals surface area contributed by atoms with Gasteiger partial charge in [0.05, 0.1) is 12.4 Å². The van der Waals surface area contributed by atoms with Gasteiger partial charge in [-0.2, -0.15) is 0 Å². The first-order chi connectivity index (χ1) is 8.54. The van der Waals surface area contributed by atoms with E-state index in [9.17, 15) is 4.79 Å². The second-order valence-electron chi connectivity index (χ2n) is 4.32. The summed E-state index contributed by atoms with van der Waals surface area (Å²) in [5, 5.41) is 0. The van der Waals surface area contributed by atoms with Crippen molar-refractivity contribution < 1.29 is 4.79 Å². The number of nitrogens with one attached hydrogen (secondary N) is 1. The van der Waals surface area contributed by atoms with Crippen LogP contribution in [0, 0.1) is 0 Å². The number of hydrogen-bond acceptors (Lipinski definition) is 6. The van der Waals surface area contributed by atoms with E-state index in [0.717, 1.165) is 13.0 Å². The molecule has 3 N–H and O–H groups in total. The largest absolute Gasteiger partial charge is 0.340 e. The number of nitrogen functional groups attached to an aromatic ring is 1. The van der Waals surface area contributed by atoms with E-state index in [1.54, 1.807) is 11.9 Å². The van der Waals surface area contributed by atoms with Crippen LogP contribution in [0.1, 0.15) is 16.9 Å². The van der Waals surface area contributed by atoms with E-state index in [1.807, 2.05) is 14.1 Å². The lowest BCUT2D eigenvalue weighted by atomic mass is 10.3. The molecule has 1 aromatic heterocycles. The van der Waals surface area contributed by atoms with Crippen molar-refractivity contribution in [2.45, 2.75) is 6.42 Å². The standard InChI is InChI=1S/C11H20N6O/c1-16(2)5-4-6-17(3)11(18)9-7-13-8-10(14-9)15-12/h7-8H,4-6,12H2,1-3H3,(H,14,15). The summed E-state index contributed by atoms with van der Waals surface area (Å²) in [7, 11) is 5.76. The topological polar surface area (TPSA) is 87.4 Å². The molecule has 0 aromatic carbocycles. The van der Waals surface area contributed by atoms with Gasteiger partial charge in [0.2, 0.25) is 0 Å². The van der Waals surface area contributed by atoms with Crippen LogP contribution in [0.25, 0.3) is 0 Å². The Balaban J connectivity index is 2.56. The minimum absolute atomic E-state index is 0.154. The minimum Gasteiger partial charge on any atom is -0.340 e. The third-order valence-corrected chi connectivity index (χ3v) is 2.45. The number of hydrogen-bond donors (Lipinski definition) is 2. The number of nitrogens with two attached hydrogens (primary N) is 1. The number of rotatable bonds is 6. The highest BCUT2D eigenvalue weighted by molar-refractivity contribution is 5.92. The SMILES string of the molecule is CN(C)CCCN(C)C(=O)c1cncc(NN)n1. The van der Waals surface area contributed by atoms with Crippen molar-refractivity contribution in [2.24, 2.45) is 5.84 Å². The molecule has 0 fully saturated rings. The van der Waals surface area contributed by atoms with E-state index >= 15 is 0 Å². The van der Waals surface area contributed by atoms with E-state index < -0.39 is 0 Å². The Morgan fingerprint density at radius 3 is 2.67 bits per heavy atom. The maximum Gasteiger partial charge on any atom is 0.273 e. The van der Waals surface area contributed by atoms with Crippen molar-refractivity contribution in [3.63, 3.8) is 0 Å². The third-order valence-electron chi connectivity index (χ3n) is 2.45. The van der Waals surface area contributed by atoms with Crippen molar-refractivity contribution in [3.8, 4) is 0 Å². The number of amides is 1. The first-order valence-electron chi connectivity index (χ1n) is 5.73. The Kier molecular flexibility index (Phi) is 5.47. The Morgan fingerprint density at radius 2 is 2.06 bits per heavy atom. The first-order valence-corrected chi connectivity index (χ1v) is 5.73. The van der Waals surface area contributed by atoms with E-state index in [2.05, 4.69) is 20.3 Å². The Bertz CT molecular complexity index is 395. The van der Waals surface area contributed by atoms with Crippen molar-refractivity contribution in [1.29, 1.82) is 0 Å². The van der Waals surface area contributed by atoms with Gasteiger partial charge in [-0.25, -0.2) is 10.8 Å². The highest BCUT2D eigenvalue weighted by atomic mass is 16.2. The van der Waals surface area contributed by atoms with Crippen LogP contribution in [0.15, 0.2) is 12.4 Å². The summed E-state index contributed by atoms with van der Waals surface area (Å²) in [5.74, 6) is 5.45. The summed E-state index contributed by atoms with van der Waals surface area (Å²) in [4.78, 5) is 23.7. The molecule has 0 aliphatic carbocycles. The van der Waals surface area contributed by atoms with Crippen LogP contribution in [0.3, 0.4) is 0 Å². The van der Waals surface area contributed by atoms with Crippen LogP contribution in [0.5, 0.6) is 0 Å². The van der Waals surface area contributed by atoms with Crippen molar-refractivity contribution in [3.05, 3.63) is 18.1 Å². The van der Waals surface area contributed by atoms with Gasteiger partial charge in [0.25, 0.3) is 5.91 Å². The fraction of sp³-hybridized carbons (Fsp3) is 0.545. The molecule has 0 bridgehead atoms. The van der Waals surface area contributed by atoms with Crippen molar-refractivity contribution in [2.75, 3.05) is 39.7 Å². The smallest absolute Gasteiger partial charge is 0.273 e. The lowest BCUT2D eigenvalue weighted by molar-refractivity contribution is 0.0784. The predicted molar refractivity (Wildman–Crippen MR) is 70.0 cm³/mol. The molecular weight excluding hydrogens is 232 g/mol. The molecule has 100 valence electrons. The molecular formula is C11H20N6O. The predicted octanol–water partition coefficient (Wildman–Crippen LogP) is -0.214. The van der Waals surface area contributed by atoms with E-state index in [4.69, 9.17) is 5.84 Å². The molecule has 0 unspecified atom stereocenters. The molecule has 1 amide bonds. The molecule has 0 atom stereocenters. The summed E-state index contributed by atoms with van der Waals surface area (Å²) in [6.45, 7) is 1.62. The number of hydrazine groups is 1. The van der Waals surface area contributed by atoms with Gasteiger partial charge < -0.3 is 15.2 Å². The molecule has 0 radical (unpaired) electrons. The molecule has 0 saturated heterocycles. The molecule has 0 spiro atoms. The second-order valence-corrected chi connectivity index (χ2v) is 4.32. The van der Waals surface area contributed by atoms with Gasteiger partial charge in [-0.3, -0.25) is 9.78 Å². The van der Waals surface area contributed by atoms with Crippen LogP contribution in [0.2, 0.25) is 0 Å². The number of carbonyl (C=O) groups is 1. The average molecular weight is 252 g/mol. The maximum absolute atomic E-state index is 12.0. The maximum atomic E-state index is 12.0. The summed E-state index contributed by atoms with van der Waals surface area (Å²) >= 11 is 0. The molecule has 7 heteroatoms. The molecule has 0 aliphatic heterocycles. The summed E-state index contributed by atoms with van der Waals surface area (Å²) < 4.78 is 0. The zero-order chi connectivity index (χ0) is 13.5. The minimum atomic E-state index is -0.154. The van der Waals surface area contributed by atoms with Crippen molar-refractivity contribution >= 4 is 11.7 Å². The molecule has 0 aliphatic rings. The number of carbonyl (C=O) groups excluding carboxylic acids is 1. The number of nitrogens with zero attached hydrogens (tertiary/aromatic N) is 4. The average Bonchev–Trinajstić information content (AvgIpc) is 2.37. The van der Waals surface area contributed by atoms with E-state index in [0.29, 0.717) is 12.4 Å². The van der Waals surface area contributed by atoms with Crippen LogP contribution in [-0.4, -0.2) is 59.9 Å². The summed E-state index contributed by atoms with van der Waals surface area (Å²) in [5.41, 5.74) is 2.66. The van der Waals surface area contributed by atoms with E-state index in [1.165, 1.54) is 12.4 Å². The van der Waals surface area contributed by atoms with Gasteiger partial charge in [0.1, 0.15) is 5.69 Å². The zero-order valence-electron chi connectivity index (χ0n) is 11.1. The van der Waals surface area contributed by atoms with Crippen LogP contribution in [0.4, 0.5) is 5.82 Å². The van der Waals surface area contributed by atoms with Crippen LogP contribution in [-0.2, 0) is 0 Å². The molecule has 7 nitrogen and oxygen atoms in total. The highest BCUT2D eigenvalue weighted by Gasteiger charge is 2.13. The fourth-order valence-electron chi connectivity index (χ4n) is 1.46. The molecule has 18 heavy (non-hydrogen) atoms. The van der Waals surface area contributed by atoms with Gasteiger partial charge in [-0.1, -0.05) is 0 Å². The van der Waals surface area contributed by atoms with Gasteiger partial charge in [-0.05, 0) is 27.1 Å². The van der Waals surface area contributed by atoms with Crippen LogP contribution >= 0.6 is 0 Å². The lowest BCUT2D eigenvalue weighted by Gasteiger charge is -2.18. The van der Waals surface area contributed by atoms with Gasteiger partial charge in [0, 0.05) is 13.6 Å². The quantitative estimate of drug-likeness (QED) is 0.538. The first kappa shape index (κ1) is 14.3. The molecule has 1 heterocycles. The monoisotopic (exact) mass is 252 g/mol. The number of anilines is 1. The molecule has 1 rings (SSSR count). The lowest BCUT2D eigenvalue weighted by Crippen LogP contribution is -2.30. The van der Waals surface area contributed by atoms with Crippen molar-refractivity contribution in [1.82, 2.24) is 19.8 Å². The summed E-state index contributed by atoms with van der Waals surface area (Å²) in [6.07, 6.45) is 3.81. The third kappa shape index (κ3) is 4.27. The molecule has 1 aromatic rings. The zero-order valence-corrected chi connectivity index (χ0v) is 11.1. The number of aromatic nitrogens is 2.